The van der Waals surface area contributed by atoms with Gasteiger partial charge in [-0.2, -0.15) is 0 Å². The molecule has 0 heterocycles. The Morgan fingerprint density at radius 2 is 1.81 bits per heavy atom. The van der Waals surface area contributed by atoms with Crippen LogP contribution >= 0.6 is 0 Å². The summed E-state index contributed by atoms with van der Waals surface area (Å²) in [7, 11) is 3.80. The van der Waals surface area contributed by atoms with E-state index >= 15 is 0 Å². The fourth-order valence-electron chi connectivity index (χ4n) is 2.43. The molecule has 2 aromatic rings. The number of hydrogen-bond acceptors (Lipinski definition) is 3. The summed E-state index contributed by atoms with van der Waals surface area (Å²) in [6, 6.07) is 18.7. The normalized spacial score (nSPS) is 14.0. The maximum absolute atomic E-state index is 6.38. The molecule has 0 aliphatic heterocycles. The molecule has 21 heavy (non-hydrogen) atoms. The van der Waals surface area contributed by atoms with Gasteiger partial charge in [0.15, 0.2) is 0 Å². The highest BCUT2D eigenvalue weighted by Crippen LogP contribution is 2.20. The molecule has 112 valence electrons. The Hall–Kier alpha value is -1.84. The number of likely N-dealkylation sites (N-methyl/N-ethyl adjacent to an activating group) is 1. The lowest BCUT2D eigenvalue weighted by Gasteiger charge is -2.30. The summed E-state index contributed by atoms with van der Waals surface area (Å²) in [5.41, 5.74) is 8.78. The highest BCUT2D eigenvalue weighted by molar-refractivity contribution is 5.28. The fourth-order valence-corrected chi connectivity index (χ4v) is 2.43. The van der Waals surface area contributed by atoms with Crippen LogP contribution in [0, 0.1) is 0 Å². The monoisotopic (exact) mass is 284 g/mol. The average Bonchev–Trinajstić information content (AvgIpc) is 2.54. The van der Waals surface area contributed by atoms with Crippen LogP contribution in [0.4, 0.5) is 0 Å². The Balaban J connectivity index is 2.03. The maximum Gasteiger partial charge on any atom is 0.119 e. The molecule has 0 aliphatic carbocycles. The van der Waals surface area contributed by atoms with Crippen molar-refractivity contribution in [2.75, 3.05) is 14.2 Å². The zero-order valence-electron chi connectivity index (χ0n) is 13.0. The van der Waals surface area contributed by atoms with Crippen molar-refractivity contribution in [3.05, 3.63) is 65.7 Å². The van der Waals surface area contributed by atoms with E-state index in [4.69, 9.17) is 10.5 Å². The van der Waals surface area contributed by atoms with Crippen molar-refractivity contribution in [1.29, 1.82) is 0 Å². The van der Waals surface area contributed by atoms with Crippen LogP contribution in [0.25, 0.3) is 0 Å². The maximum atomic E-state index is 6.38. The lowest BCUT2D eigenvalue weighted by atomic mass is 10.00. The predicted molar refractivity (Wildman–Crippen MR) is 87.3 cm³/mol. The van der Waals surface area contributed by atoms with Gasteiger partial charge in [0, 0.05) is 18.6 Å². The third-order valence-corrected chi connectivity index (χ3v) is 3.97. The van der Waals surface area contributed by atoms with E-state index in [0.29, 0.717) is 0 Å². The molecule has 0 radical (unpaired) electrons. The highest BCUT2D eigenvalue weighted by Gasteiger charge is 2.19. The second-order valence-corrected chi connectivity index (χ2v) is 5.44. The minimum absolute atomic E-state index is 0.00167. The first-order valence-corrected chi connectivity index (χ1v) is 7.25. The van der Waals surface area contributed by atoms with E-state index in [0.717, 1.165) is 12.3 Å². The van der Waals surface area contributed by atoms with Gasteiger partial charge in [-0.3, -0.25) is 4.90 Å². The van der Waals surface area contributed by atoms with Gasteiger partial charge in [-0.25, -0.2) is 0 Å². The van der Waals surface area contributed by atoms with Crippen molar-refractivity contribution in [3.63, 3.8) is 0 Å². The van der Waals surface area contributed by atoms with Gasteiger partial charge in [-0.1, -0.05) is 42.5 Å². The second-order valence-electron chi connectivity index (χ2n) is 5.44. The fraction of sp³-hybridized carbons (Fsp3) is 0.333. The second kappa shape index (κ2) is 7.25. The number of nitrogens with zero attached hydrogens (tertiary/aromatic N) is 1. The van der Waals surface area contributed by atoms with Gasteiger partial charge in [-0.05, 0) is 37.2 Å². The van der Waals surface area contributed by atoms with Crippen LogP contribution < -0.4 is 10.5 Å². The summed E-state index contributed by atoms with van der Waals surface area (Å²) in [4.78, 5) is 2.27. The lowest BCUT2D eigenvalue weighted by molar-refractivity contribution is 0.219. The Morgan fingerprint density at radius 3 is 2.48 bits per heavy atom. The Labute approximate surface area is 127 Å². The van der Waals surface area contributed by atoms with E-state index < -0.39 is 0 Å². The third-order valence-electron chi connectivity index (χ3n) is 3.97. The molecule has 0 aromatic heterocycles. The van der Waals surface area contributed by atoms with E-state index in [-0.39, 0.29) is 12.1 Å². The van der Waals surface area contributed by atoms with E-state index in [1.807, 2.05) is 30.3 Å². The Bertz CT molecular complexity index is 556. The molecule has 2 rings (SSSR count). The summed E-state index contributed by atoms with van der Waals surface area (Å²) in [6.45, 7) is 3.01. The minimum atomic E-state index is 0.00167. The van der Waals surface area contributed by atoms with Crippen LogP contribution in [0.3, 0.4) is 0 Å². The molecule has 0 spiro atoms. The first-order chi connectivity index (χ1) is 10.1. The molecule has 0 fully saturated rings. The van der Waals surface area contributed by atoms with Crippen molar-refractivity contribution in [2.24, 2.45) is 5.73 Å². The highest BCUT2D eigenvalue weighted by atomic mass is 16.5. The van der Waals surface area contributed by atoms with Crippen LogP contribution in [0.15, 0.2) is 54.6 Å². The lowest BCUT2D eigenvalue weighted by Crippen LogP contribution is -2.37. The largest absolute Gasteiger partial charge is 0.497 e. The van der Waals surface area contributed by atoms with Gasteiger partial charge in [-0.15, -0.1) is 0 Å². The standard InChI is InChI=1S/C18H24N2O/c1-14(18(19)16-9-5-4-6-10-16)20(2)13-15-8-7-11-17(12-15)21-3/h4-12,14,18H,13,19H2,1-3H3. The first kappa shape index (κ1) is 15.5. The van der Waals surface area contributed by atoms with Crippen molar-refractivity contribution in [3.8, 4) is 5.75 Å². The molecule has 0 aliphatic rings. The molecular formula is C18H24N2O. The third kappa shape index (κ3) is 4.06. The zero-order valence-corrected chi connectivity index (χ0v) is 13.0. The number of nitrogens with two attached hydrogens (primary N) is 1. The molecule has 3 nitrogen and oxygen atoms in total. The van der Waals surface area contributed by atoms with Crippen molar-refractivity contribution < 1.29 is 4.74 Å². The predicted octanol–water partition coefficient (Wildman–Crippen LogP) is 3.22. The van der Waals surface area contributed by atoms with Gasteiger partial charge in [0.05, 0.1) is 7.11 Å². The summed E-state index contributed by atoms with van der Waals surface area (Å²) in [6.07, 6.45) is 0. The molecule has 0 bridgehead atoms. The molecule has 0 amide bonds. The SMILES string of the molecule is COc1cccc(CN(C)C(C)C(N)c2ccccc2)c1. The molecule has 2 N–H and O–H groups in total. The first-order valence-electron chi connectivity index (χ1n) is 7.25. The molecule has 2 aromatic carbocycles. The Morgan fingerprint density at radius 1 is 1.10 bits per heavy atom. The van der Waals surface area contributed by atoms with Crippen molar-refractivity contribution in [2.45, 2.75) is 25.6 Å². The van der Waals surface area contributed by atoms with Crippen LogP contribution in [0.5, 0.6) is 5.75 Å². The summed E-state index contributed by atoms with van der Waals surface area (Å²) in [5.74, 6) is 0.890. The average molecular weight is 284 g/mol. The van der Waals surface area contributed by atoms with Crippen molar-refractivity contribution in [1.82, 2.24) is 4.90 Å². The van der Waals surface area contributed by atoms with Crippen LogP contribution in [0.2, 0.25) is 0 Å². The number of hydrogen-bond donors (Lipinski definition) is 1. The van der Waals surface area contributed by atoms with Gasteiger partial charge in [0.1, 0.15) is 5.75 Å². The number of rotatable bonds is 6. The van der Waals surface area contributed by atoms with Gasteiger partial charge in [0.2, 0.25) is 0 Å². The number of ether oxygens (including phenoxy) is 1. The summed E-state index contributed by atoms with van der Waals surface area (Å²) in [5, 5.41) is 0. The topological polar surface area (TPSA) is 38.5 Å². The number of methoxy groups -OCH3 is 1. The summed E-state index contributed by atoms with van der Waals surface area (Å²) < 4.78 is 5.27. The minimum Gasteiger partial charge on any atom is -0.497 e. The van der Waals surface area contributed by atoms with E-state index in [1.165, 1.54) is 11.1 Å². The molecule has 2 atom stereocenters. The zero-order chi connectivity index (χ0) is 15.2. The van der Waals surface area contributed by atoms with Crippen LogP contribution in [-0.2, 0) is 6.54 Å². The van der Waals surface area contributed by atoms with E-state index in [9.17, 15) is 0 Å². The van der Waals surface area contributed by atoms with E-state index in [1.54, 1.807) is 7.11 Å². The molecule has 0 saturated carbocycles. The molecule has 0 saturated heterocycles. The summed E-state index contributed by atoms with van der Waals surface area (Å²) >= 11 is 0. The van der Waals surface area contributed by atoms with Crippen LogP contribution in [-0.4, -0.2) is 25.1 Å². The van der Waals surface area contributed by atoms with E-state index in [2.05, 4.69) is 43.1 Å². The van der Waals surface area contributed by atoms with Gasteiger partial charge >= 0.3 is 0 Å². The molecule has 2 unspecified atom stereocenters. The number of benzene rings is 2. The van der Waals surface area contributed by atoms with Crippen molar-refractivity contribution >= 4 is 0 Å². The van der Waals surface area contributed by atoms with Gasteiger partial charge in [0.25, 0.3) is 0 Å². The smallest absolute Gasteiger partial charge is 0.119 e. The van der Waals surface area contributed by atoms with Crippen LogP contribution in [0.1, 0.15) is 24.1 Å². The van der Waals surface area contributed by atoms with Gasteiger partial charge < -0.3 is 10.5 Å². The quantitative estimate of drug-likeness (QED) is 0.885. The molecule has 3 heteroatoms. The molecular weight excluding hydrogens is 260 g/mol. The Kier molecular flexibility index (Phi) is 5.37.